The Bertz CT molecular complexity index is 3900. The number of benzene rings is 8. The van der Waals surface area contributed by atoms with Gasteiger partial charge in [-0.15, -0.1) is 0 Å². The van der Waals surface area contributed by atoms with Crippen molar-refractivity contribution in [1.82, 2.24) is 4.48 Å². The molecule has 0 amide bonds. The van der Waals surface area contributed by atoms with Crippen molar-refractivity contribution in [2.24, 2.45) is 0 Å². The predicted octanol–water partition coefficient (Wildman–Crippen LogP) is 18.6. The summed E-state index contributed by atoms with van der Waals surface area (Å²) in [6.07, 6.45) is 0. The summed E-state index contributed by atoms with van der Waals surface area (Å²) in [7, 11) is 0. The largest absolute Gasteiger partial charge is 0.440 e. The van der Waals surface area contributed by atoms with E-state index in [1.165, 1.54) is 93.9 Å². The van der Waals surface area contributed by atoms with Gasteiger partial charge in [0, 0.05) is 66.4 Å². The standard InChI is InChI=1S/C70H72BN3O/c1-66(2,3)44-33-35-49(36-34-44)73-59-42-47(69(10,11)12)37-51-52-38-45(67(4,5)6)39-53-60-57(72(48-27-20-17-21-28-48)56-30-23-22-29-50(56)43-25-18-16-19-26-43)31-24-32-58(60)74(63(52)53)71(61(51)59)62-54-40-46(68(7,8)9)41-55(70(13,14)15)64(54)75-65(62)73/h16-42H,1-15H3. The van der Waals surface area contributed by atoms with Crippen LogP contribution in [-0.2, 0) is 27.1 Å². The fourth-order valence-electron chi connectivity index (χ4n) is 12.1. The van der Waals surface area contributed by atoms with Crippen LogP contribution in [0.2, 0.25) is 0 Å². The van der Waals surface area contributed by atoms with Gasteiger partial charge in [-0.05, 0) is 133 Å². The molecule has 2 aromatic heterocycles. The van der Waals surface area contributed by atoms with E-state index in [4.69, 9.17) is 4.42 Å². The topological polar surface area (TPSA) is 24.6 Å². The van der Waals surface area contributed by atoms with E-state index in [1.54, 1.807) is 0 Å². The number of para-hydroxylation sites is 2. The number of nitrogens with zero attached hydrogens (tertiary/aromatic N) is 3. The van der Waals surface area contributed by atoms with Crippen LogP contribution in [0.25, 0.3) is 55.0 Å². The molecule has 8 aromatic carbocycles. The van der Waals surface area contributed by atoms with Gasteiger partial charge in [0.05, 0.1) is 11.4 Å². The molecule has 0 aliphatic carbocycles. The molecule has 0 atom stereocenters. The molecule has 0 spiro atoms. The quantitative estimate of drug-likeness (QED) is 0.161. The number of aromatic nitrogens is 1. The van der Waals surface area contributed by atoms with E-state index in [9.17, 15) is 0 Å². The Labute approximate surface area is 446 Å². The molecule has 0 saturated heterocycles. The minimum atomic E-state index is -0.224. The molecule has 2 aliphatic heterocycles. The van der Waals surface area contributed by atoms with Crippen molar-refractivity contribution in [3.05, 3.63) is 192 Å². The molecule has 2 aliphatic rings. The van der Waals surface area contributed by atoms with Gasteiger partial charge in [0.1, 0.15) is 5.58 Å². The minimum absolute atomic E-state index is 0.000220. The first-order valence-electron chi connectivity index (χ1n) is 27.2. The average Bonchev–Trinajstić information content (AvgIpc) is 4.04. The fourth-order valence-corrected chi connectivity index (χ4v) is 12.1. The Morgan fingerprint density at radius 1 is 0.440 bits per heavy atom. The zero-order chi connectivity index (χ0) is 52.9. The maximum Gasteiger partial charge on any atom is 0.337 e. The Hall–Kier alpha value is -7.24. The maximum atomic E-state index is 7.73. The predicted molar refractivity (Wildman–Crippen MR) is 323 cm³/mol. The van der Waals surface area contributed by atoms with Crippen molar-refractivity contribution in [3.63, 3.8) is 0 Å². The first-order valence-corrected chi connectivity index (χ1v) is 27.2. The molecular weight excluding hydrogens is 910 g/mol. The highest BCUT2D eigenvalue weighted by Gasteiger charge is 2.48. The molecule has 0 bridgehead atoms. The molecule has 376 valence electrons. The Morgan fingerprint density at radius 2 is 1.00 bits per heavy atom. The molecule has 0 saturated carbocycles. The van der Waals surface area contributed by atoms with E-state index in [-0.39, 0.29) is 33.9 Å². The van der Waals surface area contributed by atoms with Crippen LogP contribution in [0.5, 0.6) is 0 Å². The van der Waals surface area contributed by atoms with Crippen LogP contribution >= 0.6 is 0 Å². The summed E-state index contributed by atoms with van der Waals surface area (Å²) in [4.78, 5) is 5.00. The molecule has 12 rings (SSSR count). The van der Waals surface area contributed by atoms with Gasteiger partial charge in [-0.3, -0.25) is 4.90 Å². The first kappa shape index (κ1) is 48.7. The summed E-state index contributed by atoms with van der Waals surface area (Å²) in [6.45, 7) is 34.9. The minimum Gasteiger partial charge on any atom is -0.440 e. The summed E-state index contributed by atoms with van der Waals surface area (Å²) < 4.78 is 10.5. The second-order valence-corrected chi connectivity index (χ2v) is 26.7. The molecule has 0 unspecified atom stereocenters. The van der Waals surface area contributed by atoms with Crippen molar-refractivity contribution in [2.45, 2.75) is 131 Å². The second kappa shape index (κ2) is 16.6. The van der Waals surface area contributed by atoms with Crippen LogP contribution in [0, 0.1) is 0 Å². The molecule has 0 radical (unpaired) electrons. The number of anilines is 6. The molecule has 5 heteroatoms. The summed E-state index contributed by atoms with van der Waals surface area (Å²) in [5, 5.41) is 3.68. The summed E-state index contributed by atoms with van der Waals surface area (Å²) in [5.41, 5.74) is 22.4. The molecule has 75 heavy (non-hydrogen) atoms. The maximum absolute atomic E-state index is 7.73. The fraction of sp³-hybridized carbons (Fsp3) is 0.286. The lowest BCUT2D eigenvalue weighted by Crippen LogP contribution is -2.56. The third-order valence-electron chi connectivity index (χ3n) is 16.3. The highest BCUT2D eigenvalue weighted by Crippen LogP contribution is 2.53. The van der Waals surface area contributed by atoms with Gasteiger partial charge in [-0.2, -0.15) is 0 Å². The molecule has 4 nitrogen and oxygen atoms in total. The summed E-state index contributed by atoms with van der Waals surface area (Å²) >= 11 is 0. The van der Waals surface area contributed by atoms with Crippen LogP contribution < -0.4 is 20.7 Å². The third kappa shape index (κ3) is 7.78. The van der Waals surface area contributed by atoms with Crippen LogP contribution in [0.4, 0.5) is 34.3 Å². The average molecular weight is 982 g/mol. The lowest BCUT2D eigenvalue weighted by atomic mass is 9.45. The Morgan fingerprint density at radius 3 is 1.64 bits per heavy atom. The van der Waals surface area contributed by atoms with Crippen LogP contribution in [0.3, 0.4) is 0 Å². The lowest BCUT2D eigenvalue weighted by Gasteiger charge is -2.39. The van der Waals surface area contributed by atoms with E-state index in [2.05, 4.69) is 282 Å². The summed E-state index contributed by atoms with van der Waals surface area (Å²) in [6, 6.07) is 62.1. The SMILES string of the molecule is CC(C)(C)c1ccc(N2c3cc(C(C)(C)C)cc4c3B(c3c2oc2c(C(C)(C)C)cc(C(C)(C)C)cc32)n2c3cccc(N(c5ccccc5)c5ccccc5-c5ccccc5)c3c3cc(C(C)(C)C)cc-4c32)cc1. The van der Waals surface area contributed by atoms with E-state index in [1.807, 2.05) is 0 Å². The van der Waals surface area contributed by atoms with Crippen molar-refractivity contribution >= 4 is 84.9 Å². The van der Waals surface area contributed by atoms with Crippen molar-refractivity contribution in [2.75, 3.05) is 9.80 Å². The van der Waals surface area contributed by atoms with E-state index >= 15 is 0 Å². The van der Waals surface area contributed by atoms with E-state index < -0.39 is 0 Å². The van der Waals surface area contributed by atoms with Gasteiger partial charge in [-0.25, -0.2) is 0 Å². The van der Waals surface area contributed by atoms with E-state index in [0.717, 1.165) is 34.2 Å². The Balaban J connectivity index is 1.28. The second-order valence-electron chi connectivity index (χ2n) is 26.7. The number of furan rings is 1. The monoisotopic (exact) mass is 982 g/mol. The molecule has 0 N–H and O–H groups in total. The Kier molecular flexibility index (Phi) is 10.8. The van der Waals surface area contributed by atoms with Gasteiger partial charge in [0.15, 0.2) is 0 Å². The van der Waals surface area contributed by atoms with Crippen LogP contribution in [0.15, 0.2) is 168 Å². The van der Waals surface area contributed by atoms with Crippen molar-refractivity contribution in [1.29, 1.82) is 0 Å². The zero-order valence-corrected chi connectivity index (χ0v) is 46.9. The lowest BCUT2D eigenvalue weighted by molar-refractivity contribution is 0.552. The van der Waals surface area contributed by atoms with Gasteiger partial charge in [-0.1, -0.05) is 201 Å². The summed E-state index contributed by atoms with van der Waals surface area (Å²) in [5.74, 6) is 0.892. The number of rotatable bonds is 5. The van der Waals surface area contributed by atoms with Gasteiger partial charge >= 0.3 is 6.85 Å². The zero-order valence-electron chi connectivity index (χ0n) is 46.9. The number of hydrogen-bond donors (Lipinski definition) is 0. The van der Waals surface area contributed by atoms with Crippen LogP contribution in [0.1, 0.15) is 132 Å². The molecule has 0 fully saturated rings. The molecule has 10 aromatic rings. The normalized spacial score (nSPS) is 13.7. The van der Waals surface area contributed by atoms with Crippen molar-refractivity contribution in [3.8, 4) is 22.3 Å². The number of fused-ring (bicyclic) bond motifs is 9. The first-order chi connectivity index (χ1) is 35.4. The smallest absolute Gasteiger partial charge is 0.337 e. The molecule has 4 heterocycles. The van der Waals surface area contributed by atoms with Crippen LogP contribution in [-0.4, -0.2) is 11.3 Å². The van der Waals surface area contributed by atoms with E-state index in [0.29, 0.717) is 0 Å². The number of hydrogen-bond acceptors (Lipinski definition) is 3. The van der Waals surface area contributed by atoms with Crippen molar-refractivity contribution < 1.29 is 4.42 Å². The highest BCUT2D eigenvalue weighted by atomic mass is 16.4. The third-order valence-corrected chi connectivity index (χ3v) is 16.3. The van der Waals surface area contributed by atoms with Gasteiger partial charge in [0.25, 0.3) is 0 Å². The van der Waals surface area contributed by atoms with Gasteiger partial charge in [0.2, 0.25) is 5.88 Å². The van der Waals surface area contributed by atoms with Gasteiger partial charge < -0.3 is 13.8 Å². The molecular formula is C70H72BN3O. The highest BCUT2D eigenvalue weighted by molar-refractivity contribution is 6.91.